The van der Waals surface area contributed by atoms with Crippen molar-refractivity contribution < 1.29 is 14.3 Å². The van der Waals surface area contributed by atoms with Crippen molar-refractivity contribution in [1.82, 2.24) is 10.6 Å². The minimum atomic E-state index is -0.197. The molecular weight excluding hydrogens is 208 g/mol. The van der Waals surface area contributed by atoms with Crippen LogP contribution >= 0.6 is 0 Å². The molecule has 0 aromatic heterocycles. The van der Waals surface area contributed by atoms with Crippen molar-refractivity contribution in [2.75, 3.05) is 19.8 Å². The Morgan fingerprint density at radius 2 is 2.44 bits per heavy atom. The Bertz CT molecular complexity index is 287. The fourth-order valence-corrected chi connectivity index (χ4v) is 2.20. The number of carbonyl (C=O) groups is 2. The van der Waals surface area contributed by atoms with E-state index in [2.05, 4.69) is 10.6 Å². The summed E-state index contributed by atoms with van der Waals surface area (Å²) < 4.78 is 5.28. The maximum atomic E-state index is 11.8. The Hall–Kier alpha value is -1.10. The fourth-order valence-electron chi connectivity index (χ4n) is 2.20. The van der Waals surface area contributed by atoms with Crippen LogP contribution in [0.2, 0.25) is 0 Å². The van der Waals surface area contributed by atoms with E-state index in [1.165, 1.54) is 0 Å². The van der Waals surface area contributed by atoms with E-state index >= 15 is 0 Å². The predicted molar refractivity (Wildman–Crippen MR) is 57.6 cm³/mol. The van der Waals surface area contributed by atoms with Gasteiger partial charge in [-0.05, 0) is 13.3 Å². The minimum Gasteiger partial charge on any atom is -0.381 e. The highest BCUT2D eigenvalue weighted by molar-refractivity contribution is 5.89. The van der Waals surface area contributed by atoms with Crippen molar-refractivity contribution in [3.63, 3.8) is 0 Å². The van der Waals surface area contributed by atoms with E-state index in [1.807, 2.05) is 6.92 Å². The molecule has 2 N–H and O–H groups in total. The fraction of sp³-hybridized carbons (Fsp3) is 0.818. The zero-order chi connectivity index (χ0) is 11.5. The average molecular weight is 226 g/mol. The van der Waals surface area contributed by atoms with E-state index in [-0.39, 0.29) is 23.8 Å². The van der Waals surface area contributed by atoms with Crippen LogP contribution in [-0.4, -0.2) is 37.6 Å². The van der Waals surface area contributed by atoms with E-state index in [4.69, 9.17) is 4.74 Å². The second kappa shape index (κ2) is 4.82. The third-order valence-electron chi connectivity index (χ3n) is 3.39. The van der Waals surface area contributed by atoms with Crippen LogP contribution in [0, 0.1) is 11.8 Å². The van der Waals surface area contributed by atoms with Gasteiger partial charge in [-0.2, -0.15) is 0 Å². The molecule has 2 fully saturated rings. The van der Waals surface area contributed by atoms with E-state index < -0.39 is 0 Å². The third-order valence-corrected chi connectivity index (χ3v) is 3.39. The van der Waals surface area contributed by atoms with E-state index in [1.54, 1.807) is 0 Å². The summed E-state index contributed by atoms with van der Waals surface area (Å²) in [6, 6.07) is 0.130. The van der Waals surface area contributed by atoms with Gasteiger partial charge in [0.1, 0.15) is 0 Å². The summed E-state index contributed by atoms with van der Waals surface area (Å²) in [5, 5.41) is 5.64. The molecule has 2 amide bonds. The zero-order valence-electron chi connectivity index (χ0n) is 9.49. The van der Waals surface area contributed by atoms with E-state index in [9.17, 15) is 9.59 Å². The Morgan fingerprint density at radius 1 is 1.62 bits per heavy atom. The van der Waals surface area contributed by atoms with Crippen LogP contribution in [0.1, 0.15) is 19.8 Å². The maximum Gasteiger partial charge on any atom is 0.225 e. The molecule has 5 nitrogen and oxygen atoms in total. The molecule has 0 aliphatic carbocycles. The number of rotatable bonds is 3. The highest BCUT2D eigenvalue weighted by Gasteiger charge is 2.30. The highest BCUT2D eigenvalue weighted by Crippen LogP contribution is 2.17. The molecule has 0 aromatic carbocycles. The van der Waals surface area contributed by atoms with Crippen molar-refractivity contribution >= 4 is 11.8 Å². The lowest BCUT2D eigenvalue weighted by Gasteiger charge is -2.20. The first-order valence-electron chi connectivity index (χ1n) is 5.81. The molecule has 0 radical (unpaired) electrons. The minimum absolute atomic E-state index is 0.0160. The Balaban J connectivity index is 1.79. The van der Waals surface area contributed by atoms with Crippen LogP contribution in [0.3, 0.4) is 0 Å². The van der Waals surface area contributed by atoms with Gasteiger partial charge in [-0.3, -0.25) is 9.59 Å². The van der Waals surface area contributed by atoms with Gasteiger partial charge in [-0.25, -0.2) is 0 Å². The molecule has 2 saturated heterocycles. The van der Waals surface area contributed by atoms with Gasteiger partial charge in [0.15, 0.2) is 0 Å². The molecule has 90 valence electrons. The third kappa shape index (κ3) is 2.52. The maximum absolute atomic E-state index is 11.8. The van der Waals surface area contributed by atoms with Gasteiger partial charge in [0, 0.05) is 31.5 Å². The van der Waals surface area contributed by atoms with Gasteiger partial charge >= 0.3 is 0 Å². The molecular formula is C11H18N2O3. The average Bonchev–Trinajstić information content (AvgIpc) is 2.87. The first-order valence-corrected chi connectivity index (χ1v) is 5.81. The van der Waals surface area contributed by atoms with Crippen LogP contribution in [0.25, 0.3) is 0 Å². The summed E-state index contributed by atoms with van der Waals surface area (Å²) >= 11 is 0. The smallest absolute Gasteiger partial charge is 0.225 e. The summed E-state index contributed by atoms with van der Waals surface area (Å²) in [5.74, 6) is 0.168. The monoisotopic (exact) mass is 226 g/mol. The van der Waals surface area contributed by atoms with Crippen LogP contribution in [0.15, 0.2) is 0 Å². The number of carbonyl (C=O) groups excluding carboxylic acids is 2. The van der Waals surface area contributed by atoms with E-state index in [0.717, 1.165) is 19.6 Å². The van der Waals surface area contributed by atoms with Crippen LogP contribution in [-0.2, 0) is 14.3 Å². The molecule has 2 heterocycles. The van der Waals surface area contributed by atoms with Gasteiger partial charge in [0.2, 0.25) is 11.8 Å². The van der Waals surface area contributed by atoms with Gasteiger partial charge < -0.3 is 15.4 Å². The normalized spacial score (nSPS) is 31.2. The molecule has 16 heavy (non-hydrogen) atoms. The van der Waals surface area contributed by atoms with Crippen LogP contribution in [0.4, 0.5) is 0 Å². The van der Waals surface area contributed by atoms with E-state index in [0.29, 0.717) is 18.9 Å². The van der Waals surface area contributed by atoms with Gasteiger partial charge in [0.25, 0.3) is 0 Å². The topological polar surface area (TPSA) is 67.4 Å². The van der Waals surface area contributed by atoms with Crippen molar-refractivity contribution in [2.24, 2.45) is 11.8 Å². The quantitative estimate of drug-likeness (QED) is 0.692. The number of amides is 2. The lowest BCUT2D eigenvalue weighted by atomic mass is 9.99. The molecule has 0 aromatic rings. The lowest BCUT2D eigenvalue weighted by molar-refractivity contribution is -0.127. The molecule has 0 spiro atoms. The number of nitrogens with one attached hydrogen (secondary N) is 2. The van der Waals surface area contributed by atoms with Gasteiger partial charge in [0.05, 0.1) is 12.5 Å². The molecule has 2 aliphatic heterocycles. The second-order valence-electron chi connectivity index (χ2n) is 4.63. The Labute approximate surface area is 94.9 Å². The Morgan fingerprint density at radius 3 is 3.00 bits per heavy atom. The summed E-state index contributed by atoms with van der Waals surface area (Å²) in [6.07, 6.45) is 1.32. The molecule has 0 saturated carbocycles. The number of hydrogen-bond donors (Lipinski definition) is 2. The summed E-state index contributed by atoms with van der Waals surface area (Å²) in [6.45, 7) is 3.98. The molecule has 3 unspecified atom stereocenters. The second-order valence-corrected chi connectivity index (χ2v) is 4.63. The summed E-state index contributed by atoms with van der Waals surface area (Å²) in [7, 11) is 0. The molecule has 5 heteroatoms. The zero-order valence-corrected chi connectivity index (χ0v) is 9.49. The van der Waals surface area contributed by atoms with Gasteiger partial charge in [-0.1, -0.05) is 0 Å². The van der Waals surface area contributed by atoms with Crippen molar-refractivity contribution in [3.8, 4) is 0 Å². The van der Waals surface area contributed by atoms with Crippen molar-refractivity contribution in [2.45, 2.75) is 25.8 Å². The number of hydrogen-bond acceptors (Lipinski definition) is 3. The SMILES string of the molecule is CC(NC(=O)C1CNC(=O)C1)C1CCOC1. The highest BCUT2D eigenvalue weighted by atomic mass is 16.5. The first kappa shape index (κ1) is 11.4. The largest absolute Gasteiger partial charge is 0.381 e. The van der Waals surface area contributed by atoms with Gasteiger partial charge in [-0.15, -0.1) is 0 Å². The summed E-state index contributed by atoms with van der Waals surface area (Å²) in [4.78, 5) is 22.8. The molecule has 2 rings (SSSR count). The molecule has 0 bridgehead atoms. The van der Waals surface area contributed by atoms with Crippen LogP contribution < -0.4 is 10.6 Å². The molecule has 3 atom stereocenters. The Kier molecular flexibility index (Phi) is 3.43. The van der Waals surface area contributed by atoms with Crippen LogP contribution in [0.5, 0.6) is 0 Å². The predicted octanol–water partition coefficient (Wildman–Crippen LogP) is -0.336. The summed E-state index contributed by atoms with van der Waals surface area (Å²) in [5.41, 5.74) is 0. The van der Waals surface area contributed by atoms with Crippen molar-refractivity contribution in [1.29, 1.82) is 0 Å². The number of ether oxygens (including phenoxy) is 1. The first-order chi connectivity index (χ1) is 7.66. The van der Waals surface area contributed by atoms with Crippen molar-refractivity contribution in [3.05, 3.63) is 0 Å². The lowest BCUT2D eigenvalue weighted by Crippen LogP contribution is -2.42. The molecule has 2 aliphatic rings. The standard InChI is InChI=1S/C11H18N2O3/c1-7(8-2-3-16-6-8)13-11(15)9-4-10(14)12-5-9/h7-9H,2-6H2,1H3,(H,12,14)(H,13,15).